The van der Waals surface area contributed by atoms with Crippen LogP contribution >= 0.6 is 0 Å². The van der Waals surface area contributed by atoms with Gasteiger partial charge < -0.3 is 14.2 Å². The second-order valence-corrected chi connectivity index (χ2v) is 6.25. The van der Waals surface area contributed by atoms with E-state index in [-0.39, 0.29) is 12.8 Å². The molecule has 0 aromatic rings. The minimum atomic E-state index is -0.491. The summed E-state index contributed by atoms with van der Waals surface area (Å²) in [6, 6.07) is 0. The summed E-state index contributed by atoms with van der Waals surface area (Å²) in [4.78, 5) is 34.7. The van der Waals surface area contributed by atoms with Crippen molar-refractivity contribution in [1.82, 2.24) is 0 Å². The number of rotatable bonds is 6. The summed E-state index contributed by atoms with van der Waals surface area (Å²) >= 11 is 0. The normalized spacial score (nSPS) is 27.0. The molecular weight excluding hydrogens is 300 g/mol. The van der Waals surface area contributed by atoms with Crippen LogP contribution in [0, 0.1) is 11.8 Å². The quantitative estimate of drug-likeness (QED) is 0.424. The Morgan fingerprint density at radius 3 is 1.91 bits per heavy atom. The Labute approximate surface area is 137 Å². The van der Waals surface area contributed by atoms with Crippen LogP contribution in [0.1, 0.15) is 46.5 Å². The Morgan fingerprint density at radius 2 is 1.43 bits per heavy atom. The molecule has 0 saturated heterocycles. The van der Waals surface area contributed by atoms with E-state index in [2.05, 4.69) is 25.2 Å². The van der Waals surface area contributed by atoms with Crippen molar-refractivity contribution in [2.45, 2.75) is 58.7 Å². The van der Waals surface area contributed by atoms with Crippen LogP contribution in [0.2, 0.25) is 0 Å². The average Bonchev–Trinajstić information content (AvgIpc) is 2.49. The van der Waals surface area contributed by atoms with E-state index in [1.807, 2.05) is 0 Å². The maximum absolute atomic E-state index is 11.9. The Balaban J connectivity index is 2.65. The van der Waals surface area contributed by atoms with Gasteiger partial charge in [-0.3, -0.25) is 9.59 Å². The van der Waals surface area contributed by atoms with Gasteiger partial charge in [-0.1, -0.05) is 20.4 Å². The van der Waals surface area contributed by atoms with Crippen molar-refractivity contribution in [3.8, 4) is 0 Å². The molecule has 6 nitrogen and oxygen atoms in total. The molecule has 1 aliphatic carbocycles. The van der Waals surface area contributed by atoms with Crippen LogP contribution in [0.4, 0.5) is 0 Å². The third-order valence-corrected chi connectivity index (χ3v) is 4.24. The molecule has 130 valence electrons. The van der Waals surface area contributed by atoms with Crippen molar-refractivity contribution in [3.63, 3.8) is 0 Å². The lowest BCUT2D eigenvalue weighted by molar-refractivity contribution is -0.173. The van der Waals surface area contributed by atoms with Gasteiger partial charge in [0.05, 0.1) is 20.0 Å². The zero-order valence-electron chi connectivity index (χ0n) is 14.3. The first-order chi connectivity index (χ1) is 10.7. The van der Waals surface area contributed by atoms with Crippen molar-refractivity contribution in [2.24, 2.45) is 11.8 Å². The van der Waals surface area contributed by atoms with Gasteiger partial charge in [0.15, 0.2) is 0 Å². The second-order valence-electron chi connectivity index (χ2n) is 6.25. The average molecular weight is 326 g/mol. The summed E-state index contributed by atoms with van der Waals surface area (Å²) < 4.78 is 15.4. The zero-order valence-corrected chi connectivity index (χ0v) is 14.3. The molecule has 0 aromatic heterocycles. The summed E-state index contributed by atoms with van der Waals surface area (Å²) in [6.07, 6.45) is 0.217. The number of esters is 3. The molecule has 0 N–H and O–H groups in total. The summed E-state index contributed by atoms with van der Waals surface area (Å²) in [5, 5.41) is 0. The first-order valence-electron chi connectivity index (χ1n) is 7.87. The van der Waals surface area contributed by atoms with Gasteiger partial charge in [0.2, 0.25) is 0 Å². The maximum atomic E-state index is 11.9. The lowest BCUT2D eigenvalue weighted by atomic mass is 9.78. The van der Waals surface area contributed by atoms with Gasteiger partial charge in [0, 0.05) is 5.57 Å². The lowest BCUT2D eigenvalue weighted by Crippen LogP contribution is -2.43. The highest BCUT2D eigenvalue weighted by Crippen LogP contribution is 2.33. The molecule has 0 radical (unpaired) electrons. The molecule has 1 fully saturated rings. The molecule has 0 heterocycles. The zero-order chi connectivity index (χ0) is 17.6. The van der Waals surface area contributed by atoms with E-state index in [0.29, 0.717) is 30.3 Å². The topological polar surface area (TPSA) is 78.9 Å². The molecular formula is C17H26O6. The van der Waals surface area contributed by atoms with Gasteiger partial charge in [-0.15, -0.1) is 0 Å². The summed E-state index contributed by atoms with van der Waals surface area (Å²) in [5.41, 5.74) is 0.312. The van der Waals surface area contributed by atoms with Crippen LogP contribution in [-0.2, 0) is 28.6 Å². The largest absolute Gasteiger partial charge is 0.469 e. The number of carbonyl (C=O) groups excluding carboxylic acids is 3. The van der Waals surface area contributed by atoms with Crippen LogP contribution in [0.25, 0.3) is 0 Å². The fourth-order valence-corrected chi connectivity index (χ4v) is 2.52. The Hall–Kier alpha value is -1.85. The summed E-state index contributed by atoms with van der Waals surface area (Å²) in [5.74, 6) is -0.708. The van der Waals surface area contributed by atoms with E-state index in [1.54, 1.807) is 6.92 Å². The van der Waals surface area contributed by atoms with Gasteiger partial charge in [-0.05, 0) is 31.6 Å². The van der Waals surface area contributed by atoms with Gasteiger partial charge in [-0.25, -0.2) is 4.79 Å². The van der Waals surface area contributed by atoms with E-state index in [4.69, 9.17) is 9.47 Å². The van der Waals surface area contributed by atoms with Crippen LogP contribution in [0.3, 0.4) is 0 Å². The molecule has 1 saturated carbocycles. The van der Waals surface area contributed by atoms with Gasteiger partial charge >= 0.3 is 17.9 Å². The second kappa shape index (κ2) is 8.70. The van der Waals surface area contributed by atoms with Crippen molar-refractivity contribution < 1.29 is 28.6 Å². The fraction of sp³-hybridized carbons (Fsp3) is 0.706. The van der Waals surface area contributed by atoms with Gasteiger partial charge in [0.25, 0.3) is 0 Å². The first kappa shape index (κ1) is 19.2. The van der Waals surface area contributed by atoms with Gasteiger partial charge in [0.1, 0.15) is 12.2 Å². The molecule has 4 atom stereocenters. The highest BCUT2D eigenvalue weighted by atomic mass is 16.6. The standard InChI is InChI=1S/C17H26O6/c1-10(2)17(20)23-14-9-12(4)11(3)8-13(14)22-16(19)7-6-15(18)21-5/h11-14H,1,6-9H2,2-5H3/t11-,12?,13?,14?/m0/s1. The van der Waals surface area contributed by atoms with E-state index in [0.717, 1.165) is 0 Å². The molecule has 0 amide bonds. The molecule has 1 aliphatic rings. The Bertz CT molecular complexity index is 470. The Kier molecular flexibility index (Phi) is 7.26. The van der Waals surface area contributed by atoms with Crippen molar-refractivity contribution in [2.75, 3.05) is 7.11 Å². The molecule has 6 heteroatoms. The lowest BCUT2D eigenvalue weighted by Gasteiger charge is -2.37. The molecule has 0 spiro atoms. The molecule has 3 unspecified atom stereocenters. The summed E-state index contributed by atoms with van der Waals surface area (Å²) in [7, 11) is 1.27. The highest BCUT2D eigenvalue weighted by molar-refractivity contribution is 5.87. The van der Waals surface area contributed by atoms with Crippen molar-refractivity contribution in [1.29, 1.82) is 0 Å². The Morgan fingerprint density at radius 1 is 0.957 bits per heavy atom. The smallest absolute Gasteiger partial charge is 0.333 e. The molecule has 1 rings (SSSR count). The number of methoxy groups -OCH3 is 1. The SMILES string of the molecule is C=C(C)C(=O)OC1CC(C)[C@@H](C)CC1OC(=O)CCC(=O)OC. The highest BCUT2D eigenvalue weighted by Gasteiger charge is 2.37. The number of hydrogen-bond acceptors (Lipinski definition) is 6. The summed E-state index contributed by atoms with van der Waals surface area (Å²) in [6.45, 7) is 9.31. The van der Waals surface area contributed by atoms with Crippen LogP contribution in [0.5, 0.6) is 0 Å². The van der Waals surface area contributed by atoms with Crippen molar-refractivity contribution in [3.05, 3.63) is 12.2 Å². The maximum Gasteiger partial charge on any atom is 0.333 e. The number of ether oxygens (including phenoxy) is 3. The third kappa shape index (κ3) is 6.04. The van der Waals surface area contributed by atoms with Crippen LogP contribution < -0.4 is 0 Å². The molecule has 23 heavy (non-hydrogen) atoms. The van der Waals surface area contributed by atoms with Crippen LogP contribution in [0.15, 0.2) is 12.2 Å². The monoisotopic (exact) mass is 326 g/mol. The number of carbonyl (C=O) groups is 3. The van der Waals surface area contributed by atoms with E-state index >= 15 is 0 Å². The first-order valence-corrected chi connectivity index (χ1v) is 7.87. The van der Waals surface area contributed by atoms with Crippen LogP contribution in [-0.4, -0.2) is 37.2 Å². The predicted octanol–water partition coefficient (Wildman–Crippen LogP) is 2.41. The minimum Gasteiger partial charge on any atom is -0.469 e. The fourth-order valence-electron chi connectivity index (χ4n) is 2.52. The van der Waals surface area contributed by atoms with E-state index in [1.165, 1.54) is 7.11 Å². The van der Waals surface area contributed by atoms with Gasteiger partial charge in [-0.2, -0.15) is 0 Å². The van der Waals surface area contributed by atoms with E-state index < -0.39 is 30.1 Å². The van der Waals surface area contributed by atoms with E-state index in [9.17, 15) is 14.4 Å². The predicted molar refractivity (Wildman–Crippen MR) is 83.4 cm³/mol. The molecule has 0 bridgehead atoms. The molecule has 0 aliphatic heterocycles. The minimum absolute atomic E-state index is 0.0236. The molecule has 0 aromatic carbocycles. The third-order valence-electron chi connectivity index (χ3n) is 4.24. The van der Waals surface area contributed by atoms with Crippen molar-refractivity contribution >= 4 is 17.9 Å². The number of hydrogen-bond donors (Lipinski definition) is 0.